The number of rotatable bonds is 7. The average Bonchev–Trinajstić information content (AvgIpc) is 3.83. The van der Waals surface area contributed by atoms with Gasteiger partial charge in [-0.3, -0.25) is 9.78 Å². The highest BCUT2D eigenvalue weighted by molar-refractivity contribution is 5.94. The standard InChI is InChI=1S/C32H31N7O2/c40-27-14-12-23(13-15-27)36-30-28(29-3-1-2-17-34-29)20-35-32(39-30)38-25-7-4-21(5-8-25)6-9-26-19-22(16-18-33-26)31(41)37-24-10-11-24/h1-5,7-8,16-20,23-24,27,40H,10-15H2,(H,37,41)(H2,35,36,38,39). The number of aliphatic hydroxyl groups is 1. The van der Waals surface area contributed by atoms with Crippen molar-refractivity contribution in [2.75, 3.05) is 10.6 Å². The number of benzene rings is 1. The van der Waals surface area contributed by atoms with Crippen molar-refractivity contribution in [2.45, 2.75) is 56.7 Å². The number of carbonyl (C=O) groups is 1. The molecule has 2 saturated carbocycles. The van der Waals surface area contributed by atoms with Gasteiger partial charge in [-0.15, -0.1) is 0 Å². The first kappa shape index (κ1) is 26.4. The van der Waals surface area contributed by atoms with Gasteiger partial charge in [0.15, 0.2) is 0 Å². The summed E-state index contributed by atoms with van der Waals surface area (Å²) in [5.41, 5.74) is 4.38. The lowest BCUT2D eigenvalue weighted by Gasteiger charge is -2.27. The minimum Gasteiger partial charge on any atom is -0.393 e. The van der Waals surface area contributed by atoms with Crippen LogP contribution >= 0.6 is 0 Å². The molecule has 2 aliphatic rings. The number of aromatic nitrogens is 4. The van der Waals surface area contributed by atoms with Crippen molar-refractivity contribution < 1.29 is 9.90 Å². The van der Waals surface area contributed by atoms with Crippen molar-refractivity contribution in [3.8, 4) is 23.1 Å². The van der Waals surface area contributed by atoms with Crippen LogP contribution in [0.1, 0.15) is 60.1 Å². The molecule has 0 radical (unpaired) electrons. The zero-order valence-corrected chi connectivity index (χ0v) is 22.5. The van der Waals surface area contributed by atoms with Crippen LogP contribution in [0.3, 0.4) is 0 Å². The molecule has 206 valence electrons. The third kappa shape index (κ3) is 7.04. The number of hydrogen-bond acceptors (Lipinski definition) is 8. The molecule has 0 aliphatic heterocycles. The molecule has 2 fully saturated rings. The fraction of sp³-hybridized carbons (Fsp3) is 0.281. The van der Waals surface area contributed by atoms with Gasteiger partial charge in [-0.05, 0) is 93.0 Å². The number of hydrogen-bond donors (Lipinski definition) is 4. The zero-order valence-electron chi connectivity index (χ0n) is 22.5. The summed E-state index contributed by atoms with van der Waals surface area (Å²) in [5, 5.41) is 19.7. The number of anilines is 3. The highest BCUT2D eigenvalue weighted by atomic mass is 16.3. The van der Waals surface area contributed by atoms with E-state index in [1.807, 2.05) is 42.5 Å². The summed E-state index contributed by atoms with van der Waals surface area (Å²) in [6.45, 7) is 0. The van der Waals surface area contributed by atoms with E-state index in [2.05, 4.69) is 42.7 Å². The van der Waals surface area contributed by atoms with Gasteiger partial charge in [0.1, 0.15) is 11.5 Å². The van der Waals surface area contributed by atoms with E-state index >= 15 is 0 Å². The van der Waals surface area contributed by atoms with Crippen LogP contribution in [-0.4, -0.2) is 49.1 Å². The molecule has 0 saturated heterocycles. The second-order valence-electron chi connectivity index (χ2n) is 10.5. The van der Waals surface area contributed by atoms with E-state index in [0.29, 0.717) is 29.1 Å². The molecule has 1 aromatic carbocycles. The molecule has 0 spiro atoms. The predicted molar refractivity (Wildman–Crippen MR) is 158 cm³/mol. The molecule has 3 aromatic heterocycles. The van der Waals surface area contributed by atoms with Crippen molar-refractivity contribution >= 4 is 23.4 Å². The molecule has 3 heterocycles. The van der Waals surface area contributed by atoms with E-state index in [9.17, 15) is 9.90 Å². The molecular weight excluding hydrogens is 514 g/mol. The van der Waals surface area contributed by atoms with Crippen molar-refractivity contribution in [1.29, 1.82) is 0 Å². The second kappa shape index (κ2) is 12.1. The van der Waals surface area contributed by atoms with Crippen LogP contribution in [0.5, 0.6) is 0 Å². The van der Waals surface area contributed by atoms with Crippen molar-refractivity contribution in [3.05, 3.63) is 90.0 Å². The largest absolute Gasteiger partial charge is 0.393 e. The summed E-state index contributed by atoms with van der Waals surface area (Å²) >= 11 is 0. The number of pyridine rings is 2. The monoisotopic (exact) mass is 545 g/mol. The molecule has 0 atom stereocenters. The Kier molecular flexibility index (Phi) is 7.83. The summed E-state index contributed by atoms with van der Waals surface area (Å²) in [6, 6.07) is 17.4. The van der Waals surface area contributed by atoms with Crippen LogP contribution in [0.4, 0.5) is 17.5 Å². The minimum absolute atomic E-state index is 0.0837. The molecule has 2 aliphatic carbocycles. The van der Waals surface area contributed by atoms with Crippen molar-refractivity contribution in [2.24, 2.45) is 0 Å². The van der Waals surface area contributed by atoms with Crippen molar-refractivity contribution in [1.82, 2.24) is 25.3 Å². The Labute approximate surface area is 238 Å². The Morgan fingerprint density at radius 3 is 2.41 bits per heavy atom. The molecular formula is C32H31N7O2. The van der Waals surface area contributed by atoms with E-state index in [1.165, 1.54) is 0 Å². The van der Waals surface area contributed by atoms with Crippen LogP contribution in [-0.2, 0) is 0 Å². The average molecular weight is 546 g/mol. The third-order valence-electron chi connectivity index (χ3n) is 7.18. The maximum absolute atomic E-state index is 12.3. The third-order valence-corrected chi connectivity index (χ3v) is 7.18. The summed E-state index contributed by atoms with van der Waals surface area (Å²) in [7, 11) is 0. The lowest BCUT2D eigenvalue weighted by Crippen LogP contribution is -2.29. The van der Waals surface area contributed by atoms with E-state index < -0.39 is 0 Å². The Morgan fingerprint density at radius 2 is 1.66 bits per heavy atom. The van der Waals surface area contributed by atoms with E-state index in [1.54, 1.807) is 30.7 Å². The highest BCUT2D eigenvalue weighted by Crippen LogP contribution is 2.29. The second-order valence-corrected chi connectivity index (χ2v) is 10.5. The summed E-state index contributed by atoms with van der Waals surface area (Å²) < 4.78 is 0. The van der Waals surface area contributed by atoms with E-state index in [-0.39, 0.29) is 18.1 Å². The molecule has 1 amide bonds. The molecule has 41 heavy (non-hydrogen) atoms. The molecule has 0 unspecified atom stereocenters. The Bertz CT molecular complexity index is 1570. The van der Waals surface area contributed by atoms with Gasteiger partial charge in [-0.2, -0.15) is 4.98 Å². The molecule has 4 N–H and O–H groups in total. The van der Waals surface area contributed by atoms with Gasteiger partial charge < -0.3 is 21.1 Å². The number of aliphatic hydroxyl groups excluding tert-OH is 1. The Morgan fingerprint density at radius 1 is 0.854 bits per heavy atom. The summed E-state index contributed by atoms with van der Waals surface area (Å²) in [5.74, 6) is 7.26. The maximum Gasteiger partial charge on any atom is 0.251 e. The smallest absolute Gasteiger partial charge is 0.251 e. The lowest BCUT2D eigenvalue weighted by molar-refractivity contribution is 0.0951. The number of carbonyl (C=O) groups excluding carboxylic acids is 1. The van der Waals surface area contributed by atoms with Gasteiger partial charge in [0.05, 0.1) is 17.4 Å². The van der Waals surface area contributed by atoms with Gasteiger partial charge in [-0.25, -0.2) is 9.97 Å². The fourth-order valence-electron chi connectivity index (χ4n) is 4.71. The quantitative estimate of drug-likeness (QED) is 0.247. The fourth-order valence-corrected chi connectivity index (χ4v) is 4.71. The first-order valence-corrected chi connectivity index (χ1v) is 14.0. The molecule has 6 rings (SSSR count). The van der Waals surface area contributed by atoms with Crippen LogP contribution in [0.15, 0.2) is 73.2 Å². The van der Waals surface area contributed by atoms with Crippen LogP contribution in [0.25, 0.3) is 11.3 Å². The predicted octanol–water partition coefficient (Wildman–Crippen LogP) is 4.68. The van der Waals surface area contributed by atoms with Crippen LogP contribution < -0.4 is 16.0 Å². The number of amides is 1. The normalized spacial score (nSPS) is 18.1. The molecule has 9 nitrogen and oxygen atoms in total. The SMILES string of the molecule is O=C(NC1CC1)c1ccnc(C#Cc2ccc(Nc3ncc(-c4ccccn4)c(NC4CCC(O)CC4)n3)cc2)c1. The van der Waals surface area contributed by atoms with Gasteiger partial charge >= 0.3 is 0 Å². The highest BCUT2D eigenvalue weighted by Gasteiger charge is 2.24. The first-order chi connectivity index (χ1) is 20.1. The van der Waals surface area contributed by atoms with Crippen LogP contribution in [0.2, 0.25) is 0 Å². The Hall–Kier alpha value is -4.81. The maximum atomic E-state index is 12.3. The number of nitrogens with one attached hydrogen (secondary N) is 3. The lowest BCUT2D eigenvalue weighted by atomic mass is 9.93. The van der Waals surface area contributed by atoms with Gasteiger partial charge in [-0.1, -0.05) is 12.0 Å². The molecule has 0 bridgehead atoms. The topological polar surface area (TPSA) is 125 Å². The first-order valence-electron chi connectivity index (χ1n) is 14.0. The van der Waals surface area contributed by atoms with Gasteiger partial charge in [0, 0.05) is 47.5 Å². The summed E-state index contributed by atoms with van der Waals surface area (Å²) in [4.78, 5) is 30.4. The van der Waals surface area contributed by atoms with Crippen molar-refractivity contribution in [3.63, 3.8) is 0 Å². The van der Waals surface area contributed by atoms with Crippen LogP contribution in [0, 0.1) is 11.8 Å². The molecule has 9 heteroatoms. The molecule has 4 aromatic rings. The Balaban J connectivity index is 1.15. The zero-order chi connectivity index (χ0) is 28.0. The van der Waals surface area contributed by atoms with Gasteiger partial charge in [0.25, 0.3) is 5.91 Å². The number of nitrogens with zero attached hydrogens (tertiary/aromatic N) is 4. The van der Waals surface area contributed by atoms with E-state index in [0.717, 1.165) is 61.0 Å². The minimum atomic E-state index is -0.224. The van der Waals surface area contributed by atoms with E-state index in [4.69, 9.17) is 4.98 Å². The van der Waals surface area contributed by atoms with Gasteiger partial charge in [0.2, 0.25) is 5.95 Å². The summed E-state index contributed by atoms with van der Waals surface area (Å²) in [6.07, 6.45) is 10.3.